The van der Waals surface area contributed by atoms with Crippen LogP contribution in [0.5, 0.6) is 0 Å². The molecule has 0 saturated carbocycles. The molecule has 1 atom stereocenters. The number of nitrogens with zero attached hydrogens (tertiary/aromatic N) is 4. The highest BCUT2D eigenvalue weighted by Crippen LogP contribution is 2.32. The standard InChI is InChI=1S/C18H22N4S/c1-12-10-14(3)22(20-12)18-19-16-8-7-15(11-17(16)23-18)21-9-5-4-6-13(21)2/h7-8,10-11,13H,4-6,9H2,1-3H3/t13-/m1/s1. The molecule has 3 aromatic rings. The van der Waals surface area contributed by atoms with E-state index in [2.05, 4.69) is 48.1 Å². The molecule has 1 aliphatic rings. The van der Waals surface area contributed by atoms with Crippen molar-refractivity contribution in [1.82, 2.24) is 14.8 Å². The van der Waals surface area contributed by atoms with Crippen LogP contribution in [-0.4, -0.2) is 27.4 Å². The molecule has 2 aromatic heterocycles. The van der Waals surface area contributed by atoms with Crippen molar-refractivity contribution in [2.45, 2.75) is 46.1 Å². The Balaban J connectivity index is 1.73. The Morgan fingerprint density at radius 1 is 1.17 bits per heavy atom. The van der Waals surface area contributed by atoms with E-state index in [9.17, 15) is 0 Å². The van der Waals surface area contributed by atoms with Crippen molar-refractivity contribution >= 4 is 27.2 Å². The van der Waals surface area contributed by atoms with Crippen LogP contribution in [-0.2, 0) is 0 Å². The van der Waals surface area contributed by atoms with E-state index in [4.69, 9.17) is 4.98 Å². The van der Waals surface area contributed by atoms with Crippen molar-refractivity contribution in [3.63, 3.8) is 0 Å². The van der Waals surface area contributed by atoms with E-state index < -0.39 is 0 Å². The summed E-state index contributed by atoms with van der Waals surface area (Å²) >= 11 is 1.72. The Bertz CT molecular complexity index is 848. The van der Waals surface area contributed by atoms with E-state index in [0.717, 1.165) is 28.6 Å². The van der Waals surface area contributed by atoms with Crippen LogP contribution in [0, 0.1) is 13.8 Å². The largest absolute Gasteiger partial charge is 0.369 e. The fraction of sp³-hybridized carbons (Fsp3) is 0.444. The lowest BCUT2D eigenvalue weighted by atomic mass is 10.0. The molecule has 1 saturated heterocycles. The summed E-state index contributed by atoms with van der Waals surface area (Å²) in [5.74, 6) is 0. The average Bonchev–Trinajstić information content (AvgIpc) is 3.09. The van der Waals surface area contributed by atoms with E-state index in [1.807, 2.05) is 11.6 Å². The summed E-state index contributed by atoms with van der Waals surface area (Å²) in [4.78, 5) is 7.30. The van der Waals surface area contributed by atoms with Gasteiger partial charge in [-0.2, -0.15) is 5.10 Å². The molecule has 3 heterocycles. The third-order valence-corrected chi connectivity index (χ3v) is 5.68. The highest BCUT2D eigenvalue weighted by molar-refractivity contribution is 7.20. The van der Waals surface area contributed by atoms with Gasteiger partial charge in [0.1, 0.15) is 0 Å². The van der Waals surface area contributed by atoms with E-state index >= 15 is 0 Å². The lowest BCUT2D eigenvalue weighted by Gasteiger charge is -2.35. The zero-order valence-electron chi connectivity index (χ0n) is 13.9. The maximum absolute atomic E-state index is 4.76. The Kier molecular flexibility index (Phi) is 3.60. The van der Waals surface area contributed by atoms with Crippen LogP contribution in [0.1, 0.15) is 37.6 Å². The Hall–Kier alpha value is -1.88. The summed E-state index contributed by atoms with van der Waals surface area (Å²) < 4.78 is 3.19. The fourth-order valence-corrected chi connectivity index (χ4v) is 4.48. The smallest absolute Gasteiger partial charge is 0.211 e. The number of aromatic nitrogens is 3. The first-order valence-corrected chi connectivity index (χ1v) is 9.14. The van der Waals surface area contributed by atoms with Crippen LogP contribution < -0.4 is 4.90 Å². The first-order valence-electron chi connectivity index (χ1n) is 8.33. The molecule has 120 valence electrons. The summed E-state index contributed by atoms with van der Waals surface area (Å²) in [5, 5.41) is 5.51. The minimum Gasteiger partial charge on any atom is -0.369 e. The molecule has 1 fully saturated rings. The van der Waals surface area contributed by atoms with Crippen molar-refractivity contribution < 1.29 is 0 Å². The van der Waals surface area contributed by atoms with Gasteiger partial charge in [0.25, 0.3) is 0 Å². The number of rotatable bonds is 2. The molecule has 5 heteroatoms. The summed E-state index contributed by atoms with van der Waals surface area (Å²) in [6.07, 6.45) is 3.93. The van der Waals surface area contributed by atoms with Gasteiger partial charge in [-0.1, -0.05) is 11.3 Å². The van der Waals surface area contributed by atoms with Gasteiger partial charge in [0.15, 0.2) is 0 Å². The molecular weight excluding hydrogens is 304 g/mol. The summed E-state index contributed by atoms with van der Waals surface area (Å²) in [5.41, 5.74) is 4.55. The number of fused-ring (bicyclic) bond motifs is 1. The fourth-order valence-electron chi connectivity index (χ4n) is 3.47. The van der Waals surface area contributed by atoms with Crippen molar-refractivity contribution in [1.29, 1.82) is 0 Å². The van der Waals surface area contributed by atoms with Crippen molar-refractivity contribution in [2.24, 2.45) is 0 Å². The Morgan fingerprint density at radius 2 is 2.04 bits per heavy atom. The van der Waals surface area contributed by atoms with Gasteiger partial charge in [-0.3, -0.25) is 0 Å². The van der Waals surface area contributed by atoms with Crippen LogP contribution in [0.25, 0.3) is 15.3 Å². The van der Waals surface area contributed by atoms with Crippen LogP contribution in [0.15, 0.2) is 24.3 Å². The summed E-state index contributed by atoms with van der Waals surface area (Å²) in [6, 6.07) is 9.38. The van der Waals surface area contributed by atoms with Crippen molar-refractivity contribution in [2.75, 3.05) is 11.4 Å². The Labute approximate surface area is 140 Å². The van der Waals surface area contributed by atoms with E-state index in [1.165, 1.54) is 29.6 Å². The van der Waals surface area contributed by atoms with Crippen LogP contribution >= 0.6 is 11.3 Å². The van der Waals surface area contributed by atoms with Gasteiger partial charge in [-0.05, 0) is 64.3 Å². The second-order valence-electron chi connectivity index (χ2n) is 6.53. The summed E-state index contributed by atoms with van der Waals surface area (Å²) in [7, 11) is 0. The third kappa shape index (κ3) is 2.63. The number of hydrogen-bond donors (Lipinski definition) is 0. The maximum atomic E-state index is 4.76. The predicted molar refractivity (Wildman–Crippen MR) is 96.9 cm³/mol. The van der Waals surface area contributed by atoms with E-state index in [-0.39, 0.29) is 0 Å². The average molecular weight is 326 g/mol. The minimum atomic E-state index is 0.629. The lowest BCUT2D eigenvalue weighted by Crippen LogP contribution is -2.37. The summed E-state index contributed by atoms with van der Waals surface area (Å²) in [6.45, 7) is 7.59. The molecule has 0 spiro atoms. The molecule has 4 rings (SSSR count). The van der Waals surface area contributed by atoms with Crippen LogP contribution in [0.2, 0.25) is 0 Å². The molecule has 4 nitrogen and oxygen atoms in total. The molecule has 0 radical (unpaired) electrons. The zero-order valence-corrected chi connectivity index (χ0v) is 14.7. The van der Waals surface area contributed by atoms with Gasteiger partial charge in [0, 0.05) is 24.0 Å². The van der Waals surface area contributed by atoms with Crippen LogP contribution in [0.4, 0.5) is 5.69 Å². The van der Waals surface area contributed by atoms with E-state index in [1.54, 1.807) is 11.3 Å². The number of piperidine rings is 1. The van der Waals surface area contributed by atoms with Gasteiger partial charge in [0.2, 0.25) is 5.13 Å². The number of hydrogen-bond acceptors (Lipinski definition) is 4. The number of aryl methyl sites for hydroxylation is 2. The quantitative estimate of drug-likeness (QED) is 0.696. The topological polar surface area (TPSA) is 34.0 Å². The van der Waals surface area contributed by atoms with Crippen molar-refractivity contribution in [3.05, 3.63) is 35.7 Å². The van der Waals surface area contributed by atoms with Gasteiger partial charge in [-0.15, -0.1) is 0 Å². The number of anilines is 1. The highest BCUT2D eigenvalue weighted by Gasteiger charge is 2.19. The third-order valence-electron chi connectivity index (χ3n) is 4.69. The molecule has 0 N–H and O–H groups in total. The molecule has 0 unspecified atom stereocenters. The van der Waals surface area contributed by atoms with Crippen molar-refractivity contribution in [3.8, 4) is 5.13 Å². The molecule has 23 heavy (non-hydrogen) atoms. The predicted octanol–water partition coefficient (Wildman–Crippen LogP) is 4.48. The molecule has 0 amide bonds. The van der Waals surface area contributed by atoms with Gasteiger partial charge < -0.3 is 4.90 Å². The molecule has 1 aliphatic heterocycles. The second kappa shape index (κ2) is 5.64. The monoisotopic (exact) mass is 326 g/mol. The van der Waals surface area contributed by atoms with Gasteiger partial charge in [0.05, 0.1) is 15.9 Å². The first kappa shape index (κ1) is 14.7. The van der Waals surface area contributed by atoms with Gasteiger partial charge >= 0.3 is 0 Å². The maximum Gasteiger partial charge on any atom is 0.211 e. The Morgan fingerprint density at radius 3 is 2.78 bits per heavy atom. The minimum absolute atomic E-state index is 0.629. The normalized spacial score (nSPS) is 18.7. The zero-order chi connectivity index (χ0) is 16.0. The number of thiazole rings is 1. The van der Waals surface area contributed by atoms with E-state index in [0.29, 0.717) is 6.04 Å². The lowest BCUT2D eigenvalue weighted by molar-refractivity contribution is 0.485. The van der Waals surface area contributed by atoms with Gasteiger partial charge in [-0.25, -0.2) is 9.67 Å². The highest BCUT2D eigenvalue weighted by atomic mass is 32.1. The number of benzene rings is 1. The SMILES string of the molecule is Cc1cc(C)n(-c2nc3ccc(N4CCCC[C@H]4C)cc3s2)n1. The molecule has 1 aromatic carbocycles. The first-order chi connectivity index (χ1) is 11.1. The second-order valence-corrected chi connectivity index (χ2v) is 7.53. The van der Waals surface area contributed by atoms with Crippen LogP contribution in [0.3, 0.4) is 0 Å². The molecule has 0 aliphatic carbocycles. The molecular formula is C18H22N4S. The molecule has 0 bridgehead atoms.